The monoisotopic (exact) mass is 443 g/mol. The van der Waals surface area contributed by atoms with Gasteiger partial charge in [-0.2, -0.15) is 0 Å². The van der Waals surface area contributed by atoms with Gasteiger partial charge in [0.25, 0.3) is 0 Å². The molecule has 2 aliphatic rings. The zero-order valence-corrected chi connectivity index (χ0v) is 18.4. The molecule has 0 amide bonds. The maximum atomic E-state index is 13.0. The highest BCUT2D eigenvalue weighted by atomic mass is 16.5. The number of Topliss-reactive ketones (excluding diaryl/α,β-unsaturated/α-hetero) is 1. The Morgan fingerprint density at radius 1 is 1.09 bits per heavy atom. The Hall–Kier alpha value is -3.61. The molecular weight excluding hydrogens is 418 g/mol. The predicted molar refractivity (Wildman–Crippen MR) is 124 cm³/mol. The number of phenols is 1. The normalized spacial score (nSPS) is 19.4. The summed E-state index contributed by atoms with van der Waals surface area (Å²) in [6, 6.07) is 20.7. The van der Waals surface area contributed by atoms with Gasteiger partial charge in [0, 0.05) is 19.6 Å². The van der Waals surface area contributed by atoms with Crippen LogP contribution >= 0.6 is 0 Å². The topological polar surface area (TPSA) is 68.2 Å². The fraction of sp³-hybridized carbons (Fsp3) is 0.222. The Morgan fingerprint density at radius 3 is 2.64 bits per heavy atom. The summed E-state index contributed by atoms with van der Waals surface area (Å²) in [5.41, 5.74) is 3.04. The summed E-state index contributed by atoms with van der Waals surface area (Å²) < 4.78 is 17.2. The summed E-state index contributed by atoms with van der Waals surface area (Å²) in [6.07, 6.45) is 1.68. The lowest BCUT2D eigenvalue weighted by Gasteiger charge is -2.33. The van der Waals surface area contributed by atoms with Gasteiger partial charge < -0.3 is 19.3 Å². The minimum absolute atomic E-state index is 0.0352. The first-order chi connectivity index (χ1) is 16.1. The molecule has 1 saturated heterocycles. The summed E-state index contributed by atoms with van der Waals surface area (Å²) in [5, 5.41) is 10.6. The van der Waals surface area contributed by atoms with Gasteiger partial charge in [-0.1, -0.05) is 42.5 Å². The molecule has 1 N–H and O–H groups in total. The lowest BCUT2D eigenvalue weighted by Crippen LogP contribution is -2.37. The van der Waals surface area contributed by atoms with Crippen LogP contribution in [-0.2, 0) is 11.3 Å². The molecule has 0 saturated carbocycles. The number of nitrogens with zero attached hydrogens (tertiary/aromatic N) is 1. The molecule has 0 spiro atoms. The third kappa shape index (κ3) is 4.35. The summed E-state index contributed by atoms with van der Waals surface area (Å²) in [4.78, 5) is 15.2. The maximum absolute atomic E-state index is 13.0. The zero-order chi connectivity index (χ0) is 22.8. The Labute approximate surface area is 192 Å². The zero-order valence-electron chi connectivity index (χ0n) is 18.4. The van der Waals surface area contributed by atoms with Crippen molar-refractivity contribution in [3.05, 3.63) is 94.7 Å². The number of allylic oxidation sites excluding steroid dienone is 1. The minimum atomic E-state index is -0.189. The van der Waals surface area contributed by atoms with E-state index in [1.54, 1.807) is 25.3 Å². The van der Waals surface area contributed by atoms with E-state index in [1.807, 2.05) is 42.5 Å². The van der Waals surface area contributed by atoms with Crippen LogP contribution in [0.25, 0.3) is 6.08 Å². The van der Waals surface area contributed by atoms with E-state index in [-0.39, 0.29) is 23.4 Å². The van der Waals surface area contributed by atoms with Crippen LogP contribution in [0.15, 0.2) is 72.5 Å². The number of morpholine rings is 1. The van der Waals surface area contributed by atoms with E-state index in [2.05, 4.69) is 17.0 Å². The van der Waals surface area contributed by atoms with E-state index in [1.165, 1.54) is 0 Å². The lowest BCUT2D eigenvalue weighted by molar-refractivity contribution is -0.0332. The number of methoxy groups -OCH3 is 1. The standard InChI is InChI=1S/C27H25NO5/c1-31-20-9-7-18(8-10-20)15-24-26(30)21-11-12-23(29)22(27(21)33-24)16-28-13-14-32-25(17-28)19-5-3-2-4-6-19/h2-12,15,25,29H,13-14,16-17H2,1H3. The minimum Gasteiger partial charge on any atom is -0.507 e. The molecular formula is C27H25NO5. The number of hydrogen-bond donors (Lipinski definition) is 1. The van der Waals surface area contributed by atoms with Crippen molar-refractivity contribution in [2.75, 3.05) is 26.8 Å². The molecule has 0 aliphatic carbocycles. The summed E-state index contributed by atoms with van der Waals surface area (Å²) in [7, 11) is 1.61. The number of fused-ring (bicyclic) bond motifs is 1. The summed E-state index contributed by atoms with van der Waals surface area (Å²) in [6.45, 7) is 2.48. The molecule has 2 heterocycles. The van der Waals surface area contributed by atoms with Gasteiger partial charge in [-0.3, -0.25) is 9.69 Å². The van der Waals surface area contributed by atoms with Gasteiger partial charge >= 0.3 is 0 Å². The van der Waals surface area contributed by atoms with Crippen LogP contribution in [0.5, 0.6) is 17.2 Å². The number of hydrogen-bond acceptors (Lipinski definition) is 6. The van der Waals surface area contributed by atoms with Gasteiger partial charge in [0.1, 0.15) is 17.2 Å². The summed E-state index contributed by atoms with van der Waals surface area (Å²) >= 11 is 0. The van der Waals surface area contributed by atoms with Gasteiger partial charge in [0.05, 0.1) is 30.9 Å². The van der Waals surface area contributed by atoms with Crippen molar-refractivity contribution in [2.24, 2.45) is 0 Å². The highest BCUT2D eigenvalue weighted by Crippen LogP contribution is 2.40. The van der Waals surface area contributed by atoms with Gasteiger partial charge in [-0.05, 0) is 41.5 Å². The smallest absolute Gasteiger partial charge is 0.231 e. The Balaban J connectivity index is 1.38. The molecule has 1 fully saturated rings. The molecule has 168 valence electrons. The maximum Gasteiger partial charge on any atom is 0.231 e. The molecule has 1 atom stereocenters. The van der Waals surface area contributed by atoms with Crippen molar-refractivity contribution in [1.29, 1.82) is 0 Å². The van der Waals surface area contributed by atoms with E-state index < -0.39 is 0 Å². The highest BCUT2D eigenvalue weighted by molar-refractivity contribution is 6.15. The van der Waals surface area contributed by atoms with Crippen LogP contribution < -0.4 is 9.47 Å². The highest BCUT2D eigenvalue weighted by Gasteiger charge is 2.32. The number of ketones is 1. The number of aromatic hydroxyl groups is 1. The second-order valence-electron chi connectivity index (χ2n) is 8.16. The van der Waals surface area contributed by atoms with Crippen LogP contribution in [0, 0.1) is 0 Å². The Morgan fingerprint density at radius 2 is 1.88 bits per heavy atom. The SMILES string of the molecule is COc1ccc(C=C2Oc3c(ccc(O)c3CN3CCOC(c4ccccc4)C3)C2=O)cc1. The van der Waals surface area contributed by atoms with E-state index >= 15 is 0 Å². The molecule has 3 aromatic rings. The molecule has 3 aromatic carbocycles. The van der Waals surface area contributed by atoms with Crippen molar-refractivity contribution < 1.29 is 24.1 Å². The van der Waals surface area contributed by atoms with E-state index in [0.717, 1.165) is 23.4 Å². The van der Waals surface area contributed by atoms with Crippen LogP contribution in [0.1, 0.15) is 33.2 Å². The molecule has 0 bridgehead atoms. The Bertz CT molecular complexity index is 1190. The quantitative estimate of drug-likeness (QED) is 0.582. The average Bonchev–Trinajstić information content (AvgIpc) is 3.17. The number of phenolic OH excluding ortho intramolecular Hbond substituents is 1. The molecule has 0 aromatic heterocycles. The first-order valence-corrected chi connectivity index (χ1v) is 10.9. The molecule has 33 heavy (non-hydrogen) atoms. The van der Waals surface area contributed by atoms with E-state index in [9.17, 15) is 9.90 Å². The van der Waals surface area contributed by atoms with Crippen LogP contribution in [0.4, 0.5) is 0 Å². The molecule has 1 unspecified atom stereocenters. The van der Waals surface area contributed by atoms with Crippen molar-refractivity contribution in [3.63, 3.8) is 0 Å². The van der Waals surface area contributed by atoms with Crippen LogP contribution in [0.2, 0.25) is 0 Å². The number of carbonyl (C=O) groups is 1. The van der Waals surface area contributed by atoms with Crippen molar-refractivity contribution in [3.8, 4) is 17.2 Å². The first kappa shape index (κ1) is 21.2. The number of carbonyl (C=O) groups excluding carboxylic acids is 1. The molecule has 6 nitrogen and oxygen atoms in total. The first-order valence-electron chi connectivity index (χ1n) is 10.9. The lowest BCUT2D eigenvalue weighted by atomic mass is 10.0. The summed E-state index contributed by atoms with van der Waals surface area (Å²) in [5.74, 6) is 1.35. The van der Waals surface area contributed by atoms with Gasteiger partial charge in [0.15, 0.2) is 5.76 Å². The predicted octanol–water partition coefficient (Wildman–Crippen LogP) is 4.59. The molecule has 5 rings (SSSR count). The third-order valence-corrected chi connectivity index (χ3v) is 6.03. The fourth-order valence-corrected chi connectivity index (χ4v) is 4.24. The molecule has 6 heteroatoms. The second-order valence-corrected chi connectivity index (χ2v) is 8.16. The molecule has 2 aliphatic heterocycles. The van der Waals surface area contributed by atoms with Crippen molar-refractivity contribution in [1.82, 2.24) is 4.90 Å². The van der Waals surface area contributed by atoms with Crippen molar-refractivity contribution >= 4 is 11.9 Å². The van der Waals surface area contributed by atoms with Crippen LogP contribution in [0.3, 0.4) is 0 Å². The van der Waals surface area contributed by atoms with E-state index in [0.29, 0.717) is 36.6 Å². The van der Waals surface area contributed by atoms with Crippen molar-refractivity contribution in [2.45, 2.75) is 12.6 Å². The number of ether oxygens (including phenoxy) is 3. The number of benzene rings is 3. The Kier molecular flexibility index (Phi) is 5.86. The fourth-order valence-electron chi connectivity index (χ4n) is 4.24. The second kappa shape index (κ2) is 9.10. The van der Waals surface area contributed by atoms with Gasteiger partial charge in [-0.15, -0.1) is 0 Å². The van der Waals surface area contributed by atoms with Crippen LogP contribution in [-0.4, -0.2) is 42.6 Å². The third-order valence-electron chi connectivity index (χ3n) is 6.03. The van der Waals surface area contributed by atoms with E-state index in [4.69, 9.17) is 14.2 Å². The number of rotatable bonds is 5. The average molecular weight is 443 g/mol. The van der Waals surface area contributed by atoms with Gasteiger partial charge in [-0.25, -0.2) is 0 Å². The largest absolute Gasteiger partial charge is 0.507 e. The van der Waals surface area contributed by atoms with Gasteiger partial charge in [0.2, 0.25) is 5.78 Å². The molecule has 0 radical (unpaired) electrons.